The fraction of sp³-hybridized carbons (Fsp3) is 0.400. The first kappa shape index (κ1) is 27.5. The van der Waals surface area contributed by atoms with Gasteiger partial charge in [-0.05, 0) is 31.2 Å². The van der Waals surface area contributed by atoms with Crippen LogP contribution in [0.2, 0.25) is 0 Å². The highest BCUT2D eigenvalue weighted by Crippen LogP contribution is 2.61. The second-order valence-electron chi connectivity index (χ2n) is 9.00. The first-order valence-corrected chi connectivity index (χ1v) is 13.9. The molecule has 2 aromatic heterocycles. The van der Waals surface area contributed by atoms with E-state index in [1.165, 1.54) is 23.0 Å². The number of esters is 2. The van der Waals surface area contributed by atoms with Crippen molar-refractivity contribution in [2.24, 2.45) is 0 Å². The van der Waals surface area contributed by atoms with Gasteiger partial charge in [0, 0.05) is 6.42 Å². The van der Waals surface area contributed by atoms with Crippen LogP contribution < -0.4 is 10.3 Å². The third-order valence-corrected chi connectivity index (χ3v) is 7.87. The number of benzene rings is 1. The van der Waals surface area contributed by atoms with Crippen molar-refractivity contribution in [3.05, 3.63) is 54.0 Å². The SMILES string of the molecule is CCOC(=O)c1ccccc1OP1(=O)OC[C@@]2(CC#N)O[C@@H](c3ccc4c(N)ncnn34)[C@H](OC(=O)CC)[C@@H]2O1. The number of nitrogens with two attached hydrogens (primary N) is 1. The van der Waals surface area contributed by atoms with Gasteiger partial charge < -0.3 is 24.5 Å². The Bertz CT molecular complexity index is 1540. The van der Waals surface area contributed by atoms with Crippen molar-refractivity contribution in [1.82, 2.24) is 14.6 Å². The minimum atomic E-state index is -4.45. The number of aromatic nitrogens is 3. The number of para-hydroxylation sites is 1. The lowest BCUT2D eigenvalue weighted by Gasteiger charge is -2.39. The third-order valence-electron chi connectivity index (χ3n) is 6.52. The molecule has 2 aliphatic rings. The average molecular weight is 571 g/mol. The van der Waals surface area contributed by atoms with Crippen LogP contribution in [0, 0.1) is 11.3 Å². The summed E-state index contributed by atoms with van der Waals surface area (Å²) in [5, 5.41) is 13.9. The van der Waals surface area contributed by atoms with Crippen molar-refractivity contribution >= 4 is 31.1 Å². The van der Waals surface area contributed by atoms with Crippen molar-refractivity contribution in [2.75, 3.05) is 18.9 Å². The number of nitriles is 1. The van der Waals surface area contributed by atoms with Crippen LogP contribution in [0.25, 0.3) is 5.52 Å². The molecule has 0 aliphatic carbocycles. The number of phosphoric acid groups is 1. The molecule has 0 spiro atoms. The Morgan fingerprint density at radius 3 is 2.83 bits per heavy atom. The quantitative estimate of drug-likeness (QED) is 0.307. The lowest BCUT2D eigenvalue weighted by atomic mass is 9.92. The summed E-state index contributed by atoms with van der Waals surface area (Å²) in [4.78, 5) is 28.9. The van der Waals surface area contributed by atoms with Crippen LogP contribution in [0.5, 0.6) is 5.75 Å². The lowest BCUT2D eigenvalue weighted by molar-refractivity contribution is -0.156. The molecule has 1 aromatic carbocycles. The number of carbonyl (C=O) groups is 2. The highest BCUT2D eigenvalue weighted by molar-refractivity contribution is 7.49. The van der Waals surface area contributed by atoms with Gasteiger partial charge in [0.25, 0.3) is 0 Å². The zero-order chi connectivity index (χ0) is 28.5. The van der Waals surface area contributed by atoms with Crippen molar-refractivity contribution < 1.29 is 41.9 Å². The van der Waals surface area contributed by atoms with Crippen molar-refractivity contribution in [1.29, 1.82) is 5.26 Å². The van der Waals surface area contributed by atoms with E-state index >= 15 is 0 Å². The molecule has 40 heavy (non-hydrogen) atoms. The summed E-state index contributed by atoms with van der Waals surface area (Å²) in [5.74, 6) is -1.16. The number of nitrogen functional groups attached to an aromatic ring is 1. The number of hydrogen-bond acceptors (Lipinski definition) is 13. The summed E-state index contributed by atoms with van der Waals surface area (Å²) in [7, 11) is -4.45. The minimum Gasteiger partial charge on any atom is -0.462 e. The average Bonchev–Trinajstić information content (AvgIpc) is 3.49. The van der Waals surface area contributed by atoms with Gasteiger partial charge in [0.05, 0.1) is 31.4 Å². The molecule has 15 heteroatoms. The summed E-state index contributed by atoms with van der Waals surface area (Å²) in [5.41, 5.74) is 5.41. The highest BCUT2D eigenvalue weighted by atomic mass is 31.2. The summed E-state index contributed by atoms with van der Waals surface area (Å²) in [6, 6.07) is 11.4. The van der Waals surface area contributed by atoms with Gasteiger partial charge in [-0.15, -0.1) is 0 Å². The second-order valence-corrected chi connectivity index (χ2v) is 10.5. The van der Waals surface area contributed by atoms with Crippen LogP contribution in [0.15, 0.2) is 42.7 Å². The van der Waals surface area contributed by atoms with E-state index < -0.39 is 50.3 Å². The molecular weight excluding hydrogens is 545 g/mol. The van der Waals surface area contributed by atoms with E-state index in [4.69, 9.17) is 33.5 Å². The number of anilines is 1. The molecule has 0 radical (unpaired) electrons. The second kappa shape index (κ2) is 10.9. The molecule has 5 atom stereocenters. The first-order chi connectivity index (χ1) is 19.2. The van der Waals surface area contributed by atoms with Crippen molar-refractivity contribution in [3.63, 3.8) is 0 Å². The zero-order valence-electron chi connectivity index (χ0n) is 21.6. The molecule has 0 amide bonds. The molecule has 2 fully saturated rings. The molecule has 2 aliphatic heterocycles. The molecule has 14 nitrogen and oxygen atoms in total. The van der Waals surface area contributed by atoms with Gasteiger partial charge in [-0.2, -0.15) is 10.4 Å². The highest BCUT2D eigenvalue weighted by Gasteiger charge is 2.65. The molecular formula is C25H26N5O9P. The predicted molar refractivity (Wildman–Crippen MR) is 136 cm³/mol. The number of fused-ring (bicyclic) bond motifs is 2. The van der Waals surface area contributed by atoms with Gasteiger partial charge in [0.1, 0.15) is 41.0 Å². The Labute approximate surface area is 228 Å². The smallest absolute Gasteiger partial charge is 0.462 e. The van der Waals surface area contributed by atoms with Gasteiger partial charge in [-0.25, -0.2) is 18.9 Å². The summed E-state index contributed by atoms with van der Waals surface area (Å²) in [6.45, 7) is 2.97. The normalized spacial score (nSPS) is 27.5. The Balaban J connectivity index is 1.53. The topological polar surface area (TPSA) is 187 Å². The van der Waals surface area contributed by atoms with E-state index in [1.807, 2.05) is 6.07 Å². The van der Waals surface area contributed by atoms with Crippen LogP contribution in [-0.2, 0) is 32.6 Å². The first-order valence-electron chi connectivity index (χ1n) is 12.4. The van der Waals surface area contributed by atoms with E-state index in [0.717, 1.165) is 0 Å². The summed E-state index contributed by atoms with van der Waals surface area (Å²) < 4.78 is 49.6. The van der Waals surface area contributed by atoms with Crippen molar-refractivity contribution in [2.45, 2.75) is 50.6 Å². The Kier molecular flexibility index (Phi) is 7.48. The van der Waals surface area contributed by atoms with Crippen molar-refractivity contribution in [3.8, 4) is 11.8 Å². The van der Waals surface area contributed by atoms with E-state index in [1.54, 1.807) is 38.1 Å². The monoisotopic (exact) mass is 571 g/mol. The van der Waals surface area contributed by atoms with Gasteiger partial charge in [0.2, 0.25) is 0 Å². The van der Waals surface area contributed by atoms with E-state index in [9.17, 15) is 19.4 Å². The number of carbonyl (C=O) groups excluding carboxylic acids is 2. The molecule has 0 bridgehead atoms. The van der Waals surface area contributed by atoms with E-state index in [0.29, 0.717) is 11.2 Å². The fourth-order valence-electron chi connectivity index (χ4n) is 4.67. The molecule has 210 valence electrons. The van der Waals surface area contributed by atoms with Gasteiger partial charge in [-0.3, -0.25) is 13.8 Å². The van der Waals surface area contributed by atoms with E-state index in [2.05, 4.69) is 10.1 Å². The van der Waals surface area contributed by atoms with Crippen LogP contribution in [0.3, 0.4) is 0 Å². The molecule has 1 unspecified atom stereocenters. The van der Waals surface area contributed by atoms with Crippen LogP contribution in [0.1, 0.15) is 48.8 Å². The molecule has 3 aromatic rings. The van der Waals surface area contributed by atoms with Gasteiger partial charge >= 0.3 is 19.8 Å². The van der Waals surface area contributed by atoms with Gasteiger partial charge in [-0.1, -0.05) is 19.1 Å². The Morgan fingerprint density at radius 2 is 2.08 bits per heavy atom. The lowest BCUT2D eigenvalue weighted by Crippen LogP contribution is -2.51. The minimum absolute atomic E-state index is 0.00655. The Hall–Kier alpha value is -4.02. The number of phosphoric ester groups is 1. The molecule has 2 saturated heterocycles. The Morgan fingerprint density at radius 1 is 1.27 bits per heavy atom. The van der Waals surface area contributed by atoms with Gasteiger partial charge in [0.15, 0.2) is 11.9 Å². The predicted octanol–water partition coefficient (Wildman–Crippen LogP) is 3.14. The maximum atomic E-state index is 13.8. The number of nitrogens with zero attached hydrogens (tertiary/aromatic N) is 4. The van der Waals surface area contributed by atoms with Crippen LogP contribution in [0.4, 0.5) is 5.82 Å². The number of ether oxygens (including phenoxy) is 3. The molecule has 2 N–H and O–H groups in total. The molecule has 0 saturated carbocycles. The number of hydrogen-bond donors (Lipinski definition) is 1. The van der Waals surface area contributed by atoms with E-state index in [-0.39, 0.29) is 36.6 Å². The number of rotatable bonds is 8. The maximum Gasteiger partial charge on any atom is 0.530 e. The summed E-state index contributed by atoms with van der Waals surface area (Å²) in [6.07, 6.45) is -2.43. The fourth-order valence-corrected chi connectivity index (χ4v) is 6.19. The van der Waals surface area contributed by atoms with Crippen LogP contribution >= 0.6 is 7.82 Å². The standard InChI is InChI=1S/C25H26N5O9P/c1-3-19(31)36-21-20(16-9-10-17-23(27)28-14-29-30(16)17)37-25(11-12-26)13-35-40(33,39-22(21)25)38-18-8-6-5-7-15(18)24(32)34-4-2/h5-10,14,20-22H,3-4,11,13H2,1-2H3,(H2,27,28,29)/t20-,21-,22-,25+,40?/m0/s1. The largest absolute Gasteiger partial charge is 0.530 e. The molecule has 4 heterocycles. The van der Waals surface area contributed by atoms with Crippen LogP contribution in [-0.4, -0.2) is 57.6 Å². The zero-order valence-corrected chi connectivity index (χ0v) is 22.5. The summed E-state index contributed by atoms with van der Waals surface area (Å²) >= 11 is 0. The molecule has 5 rings (SSSR count). The third kappa shape index (κ3) is 4.89. The maximum absolute atomic E-state index is 13.8.